The Balaban J connectivity index is 1.56. The average Bonchev–Trinajstić information content (AvgIpc) is 2.73. The van der Waals surface area contributed by atoms with E-state index in [2.05, 4.69) is 32.0 Å². The molecule has 0 radical (unpaired) electrons. The average molecular weight is 376 g/mol. The third-order valence-corrected chi connectivity index (χ3v) is 4.81. The largest absolute Gasteiger partial charge is 0.494 e. The summed E-state index contributed by atoms with van der Waals surface area (Å²) >= 11 is 0. The van der Waals surface area contributed by atoms with Crippen LogP contribution in [-0.4, -0.2) is 12.7 Å². The lowest BCUT2D eigenvalue weighted by Crippen LogP contribution is -2.16. The van der Waals surface area contributed by atoms with E-state index in [1.165, 1.54) is 5.56 Å². The van der Waals surface area contributed by atoms with E-state index < -0.39 is 0 Å². The zero-order valence-corrected chi connectivity index (χ0v) is 16.8. The molecule has 0 saturated heterocycles. The highest BCUT2D eigenvalue weighted by atomic mass is 16.5. The van der Waals surface area contributed by atoms with Crippen LogP contribution in [0.15, 0.2) is 78.9 Å². The van der Waals surface area contributed by atoms with E-state index in [-0.39, 0.29) is 6.10 Å². The molecule has 0 aliphatic heterocycles. The monoisotopic (exact) mass is 376 g/mol. The van der Waals surface area contributed by atoms with E-state index in [4.69, 9.17) is 14.2 Å². The second-order valence-electron chi connectivity index (χ2n) is 6.87. The Hall–Kier alpha value is -2.78. The first-order chi connectivity index (χ1) is 13.7. The lowest BCUT2D eigenvalue weighted by atomic mass is 9.96. The van der Waals surface area contributed by atoms with Gasteiger partial charge in [-0.1, -0.05) is 49.4 Å². The Morgan fingerprint density at radius 1 is 0.750 bits per heavy atom. The summed E-state index contributed by atoms with van der Waals surface area (Å²) < 4.78 is 17.6. The fourth-order valence-corrected chi connectivity index (χ4v) is 3.00. The van der Waals surface area contributed by atoms with Crippen molar-refractivity contribution in [3.63, 3.8) is 0 Å². The molecule has 2 unspecified atom stereocenters. The van der Waals surface area contributed by atoms with Crippen molar-refractivity contribution in [1.82, 2.24) is 0 Å². The topological polar surface area (TPSA) is 27.7 Å². The Kier molecular flexibility index (Phi) is 7.10. The standard InChI is InChI=1S/C25H28O3/c1-4-26-23-15-13-22(14-16-23)19(2)20(3)27-18-21-9-8-12-25(17-21)28-24-10-6-5-7-11-24/h5-17,19-20H,4,18H2,1-3H3. The van der Waals surface area contributed by atoms with Crippen molar-refractivity contribution in [2.24, 2.45) is 0 Å². The second-order valence-corrected chi connectivity index (χ2v) is 6.87. The molecule has 0 aliphatic carbocycles. The van der Waals surface area contributed by atoms with E-state index in [1.54, 1.807) is 0 Å². The fourth-order valence-electron chi connectivity index (χ4n) is 3.00. The number of hydrogen-bond acceptors (Lipinski definition) is 3. The maximum Gasteiger partial charge on any atom is 0.127 e. The van der Waals surface area contributed by atoms with Crippen LogP contribution >= 0.6 is 0 Å². The van der Waals surface area contributed by atoms with Gasteiger partial charge >= 0.3 is 0 Å². The van der Waals surface area contributed by atoms with Crippen molar-refractivity contribution >= 4 is 0 Å². The van der Waals surface area contributed by atoms with Crippen LogP contribution in [0.3, 0.4) is 0 Å². The maximum atomic E-state index is 6.14. The van der Waals surface area contributed by atoms with Gasteiger partial charge in [-0.25, -0.2) is 0 Å². The molecule has 0 aromatic heterocycles. The molecule has 3 aromatic rings. The van der Waals surface area contributed by atoms with Crippen LogP contribution in [0, 0.1) is 0 Å². The number of rotatable bonds is 9. The molecule has 3 aromatic carbocycles. The van der Waals surface area contributed by atoms with Crippen molar-refractivity contribution in [3.8, 4) is 17.2 Å². The number of benzene rings is 3. The van der Waals surface area contributed by atoms with Gasteiger partial charge in [0, 0.05) is 5.92 Å². The third kappa shape index (κ3) is 5.61. The first-order valence-corrected chi connectivity index (χ1v) is 9.82. The fraction of sp³-hybridized carbons (Fsp3) is 0.280. The van der Waals surface area contributed by atoms with Crippen LogP contribution in [-0.2, 0) is 11.3 Å². The lowest BCUT2D eigenvalue weighted by Gasteiger charge is -2.21. The molecule has 0 bridgehead atoms. The van der Waals surface area contributed by atoms with Gasteiger partial charge in [0.25, 0.3) is 0 Å². The minimum absolute atomic E-state index is 0.0941. The van der Waals surface area contributed by atoms with Gasteiger partial charge in [-0.15, -0.1) is 0 Å². The molecule has 146 valence electrons. The van der Waals surface area contributed by atoms with Crippen LogP contribution < -0.4 is 9.47 Å². The second kappa shape index (κ2) is 9.95. The third-order valence-electron chi connectivity index (χ3n) is 4.81. The normalized spacial score (nSPS) is 13.0. The highest BCUT2D eigenvalue weighted by molar-refractivity contribution is 5.34. The summed E-state index contributed by atoms with van der Waals surface area (Å²) in [5, 5.41) is 0. The number of hydrogen-bond donors (Lipinski definition) is 0. The summed E-state index contributed by atoms with van der Waals surface area (Å²) in [4.78, 5) is 0. The van der Waals surface area contributed by atoms with Crippen LogP contribution in [0.25, 0.3) is 0 Å². The molecular formula is C25H28O3. The predicted molar refractivity (Wildman–Crippen MR) is 113 cm³/mol. The van der Waals surface area contributed by atoms with Crippen molar-refractivity contribution in [3.05, 3.63) is 90.0 Å². The van der Waals surface area contributed by atoms with E-state index in [9.17, 15) is 0 Å². The zero-order chi connectivity index (χ0) is 19.8. The molecule has 3 nitrogen and oxygen atoms in total. The molecule has 28 heavy (non-hydrogen) atoms. The minimum Gasteiger partial charge on any atom is -0.494 e. The maximum absolute atomic E-state index is 6.14. The molecule has 0 spiro atoms. The molecule has 0 heterocycles. The summed E-state index contributed by atoms with van der Waals surface area (Å²) in [7, 11) is 0. The van der Waals surface area contributed by atoms with E-state index in [0.717, 1.165) is 22.8 Å². The smallest absolute Gasteiger partial charge is 0.127 e. The first kappa shape index (κ1) is 20.0. The Labute approximate surface area is 167 Å². The summed E-state index contributed by atoms with van der Waals surface area (Å²) in [5.74, 6) is 2.85. The molecule has 0 amide bonds. The van der Waals surface area contributed by atoms with Gasteiger partial charge in [0.05, 0.1) is 19.3 Å². The van der Waals surface area contributed by atoms with Gasteiger partial charge in [0.2, 0.25) is 0 Å². The first-order valence-electron chi connectivity index (χ1n) is 9.82. The van der Waals surface area contributed by atoms with Crippen molar-refractivity contribution in [2.45, 2.75) is 39.4 Å². The highest BCUT2D eigenvalue weighted by Gasteiger charge is 2.15. The lowest BCUT2D eigenvalue weighted by molar-refractivity contribution is 0.0382. The van der Waals surface area contributed by atoms with E-state index >= 15 is 0 Å². The quantitative estimate of drug-likeness (QED) is 0.422. The molecule has 0 saturated carbocycles. The summed E-state index contributed by atoms with van der Waals surface area (Å²) in [6.45, 7) is 7.53. The summed E-state index contributed by atoms with van der Waals surface area (Å²) in [6.07, 6.45) is 0.0941. The van der Waals surface area contributed by atoms with Crippen molar-refractivity contribution in [2.75, 3.05) is 6.61 Å². The van der Waals surface area contributed by atoms with Gasteiger partial charge in [0.1, 0.15) is 17.2 Å². The van der Waals surface area contributed by atoms with Crippen LogP contribution in [0.2, 0.25) is 0 Å². The van der Waals surface area contributed by atoms with E-state index in [0.29, 0.717) is 19.1 Å². The molecular weight excluding hydrogens is 348 g/mol. The van der Waals surface area contributed by atoms with Crippen LogP contribution in [0.5, 0.6) is 17.2 Å². The number of para-hydroxylation sites is 1. The minimum atomic E-state index is 0.0941. The van der Waals surface area contributed by atoms with Crippen LogP contribution in [0.1, 0.15) is 37.8 Å². The summed E-state index contributed by atoms with van der Waals surface area (Å²) in [5.41, 5.74) is 2.34. The van der Waals surface area contributed by atoms with Crippen LogP contribution in [0.4, 0.5) is 0 Å². The zero-order valence-electron chi connectivity index (χ0n) is 16.8. The molecule has 2 atom stereocenters. The molecule has 3 rings (SSSR count). The molecule has 0 fully saturated rings. The SMILES string of the molecule is CCOc1ccc(C(C)C(C)OCc2cccc(Oc3ccccc3)c2)cc1. The predicted octanol–water partition coefficient (Wildman–Crippen LogP) is 6.59. The summed E-state index contributed by atoms with van der Waals surface area (Å²) in [6, 6.07) is 26.1. The Bertz CT molecular complexity index is 843. The Morgan fingerprint density at radius 3 is 2.18 bits per heavy atom. The molecule has 0 N–H and O–H groups in total. The van der Waals surface area contributed by atoms with E-state index in [1.807, 2.05) is 67.6 Å². The van der Waals surface area contributed by atoms with Gasteiger partial charge in [0.15, 0.2) is 0 Å². The van der Waals surface area contributed by atoms with Gasteiger partial charge in [-0.2, -0.15) is 0 Å². The van der Waals surface area contributed by atoms with Gasteiger partial charge in [-0.05, 0) is 61.4 Å². The van der Waals surface area contributed by atoms with Gasteiger partial charge in [-0.3, -0.25) is 0 Å². The number of ether oxygens (including phenoxy) is 3. The van der Waals surface area contributed by atoms with Gasteiger partial charge < -0.3 is 14.2 Å². The Morgan fingerprint density at radius 2 is 1.46 bits per heavy atom. The molecule has 0 aliphatic rings. The van der Waals surface area contributed by atoms with Crippen molar-refractivity contribution < 1.29 is 14.2 Å². The molecule has 3 heteroatoms. The van der Waals surface area contributed by atoms with Crippen molar-refractivity contribution in [1.29, 1.82) is 0 Å². The highest BCUT2D eigenvalue weighted by Crippen LogP contribution is 2.26.